The van der Waals surface area contributed by atoms with E-state index in [4.69, 9.17) is 0 Å². The average Bonchev–Trinajstić information content (AvgIpc) is 2.83. The molecule has 21 heavy (non-hydrogen) atoms. The fourth-order valence-corrected chi connectivity index (χ4v) is 4.02. The molecule has 3 rings (SSSR count). The Morgan fingerprint density at radius 2 is 1.95 bits per heavy atom. The topological polar surface area (TPSA) is 46.2 Å². The fourth-order valence-electron chi connectivity index (χ4n) is 2.78. The molecule has 0 aromatic heterocycles. The molecule has 1 unspecified atom stereocenters. The zero-order valence-corrected chi connectivity index (χ0v) is 14.0. The van der Waals surface area contributed by atoms with Crippen molar-refractivity contribution in [3.63, 3.8) is 0 Å². The van der Waals surface area contributed by atoms with E-state index in [-0.39, 0.29) is 6.04 Å². The van der Waals surface area contributed by atoms with Crippen molar-refractivity contribution in [2.45, 2.75) is 23.8 Å². The number of hydrogen-bond acceptors (Lipinski definition) is 3. The Kier molecular flexibility index (Phi) is 3.80. The van der Waals surface area contributed by atoms with Gasteiger partial charge in [0.25, 0.3) is 0 Å². The van der Waals surface area contributed by atoms with Crippen LogP contribution in [0.2, 0.25) is 0 Å². The van der Waals surface area contributed by atoms with E-state index in [2.05, 4.69) is 33.4 Å². The summed E-state index contributed by atoms with van der Waals surface area (Å²) in [6, 6.07) is 13.5. The van der Waals surface area contributed by atoms with E-state index in [0.29, 0.717) is 4.90 Å². The van der Waals surface area contributed by atoms with Crippen molar-refractivity contribution in [3.8, 4) is 0 Å². The summed E-state index contributed by atoms with van der Waals surface area (Å²) in [5, 5.41) is 3.45. The molecule has 3 nitrogen and oxygen atoms in total. The summed E-state index contributed by atoms with van der Waals surface area (Å²) < 4.78 is 24.4. The number of rotatable bonds is 3. The molecule has 0 aliphatic heterocycles. The highest BCUT2D eigenvalue weighted by atomic mass is 79.9. The molecule has 0 spiro atoms. The predicted octanol–water partition coefficient (Wildman–Crippen LogP) is 3.95. The van der Waals surface area contributed by atoms with E-state index in [0.717, 1.165) is 23.0 Å². The third-order valence-electron chi connectivity index (χ3n) is 3.82. The van der Waals surface area contributed by atoms with Gasteiger partial charge in [0.15, 0.2) is 9.84 Å². The van der Waals surface area contributed by atoms with Crippen LogP contribution in [0.5, 0.6) is 0 Å². The molecule has 0 heterocycles. The van der Waals surface area contributed by atoms with Gasteiger partial charge in [-0.3, -0.25) is 0 Å². The number of sulfone groups is 1. The Hall–Kier alpha value is -1.33. The Bertz CT molecular complexity index is 787. The molecule has 1 N–H and O–H groups in total. The highest BCUT2D eigenvalue weighted by Crippen LogP contribution is 2.37. The van der Waals surface area contributed by atoms with Gasteiger partial charge in [0.2, 0.25) is 0 Å². The van der Waals surface area contributed by atoms with Crippen LogP contribution in [-0.2, 0) is 16.3 Å². The predicted molar refractivity (Wildman–Crippen MR) is 88.4 cm³/mol. The van der Waals surface area contributed by atoms with Crippen molar-refractivity contribution >= 4 is 31.5 Å². The SMILES string of the molecule is CS(=O)(=O)c1cccc(NC2CCc3c(Br)cccc32)c1. The number of halogens is 1. The molecule has 0 saturated heterocycles. The van der Waals surface area contributed by atoms with Crippen LogP contribution in [0.25, 0.3) is 0 Å². The summed E-state index contributed by atoms with van der Waals surface area (Å²) in [5.74, 6) is 0. The van der Waals surface area contributed by atoms with E-state index < -0.39 is 9.84 Å². The minimum atomic E-state index is -3.17. The first-order chi connectivity index (χ1) is 9.95. The second kappa shape index (κ2) is 5.46. The van der Waals surface area contributed by atoms with Crippen molar-refractivity contribution in [1.29, 1.82) is 0 Å². The van der Waals surface area contributed by atoms with Crippen molar-refractivity contribution in [2.75, 3.05) is 11.6 Å². The Morgan fingerprint density at radius 1 is 1.19 bits per heavy atom. The smallest absolute Gasteiger partial charge is 0.175 e. The fraction of sp³-hybridized carbons (Fsp3) is 0.250. The van der Waals surface area contributed by atoms with Gasteiger partial charge < -0.3 is 5.32 Å². The largest absolute Gasteiger partial charge is 0.378 e. The second-order valence-electron chi connectivity index (χ2n) is 5.34. The number of fused-ring (bicyclic) bond motifs is 1. The second-order valence-corrected chi connectivity index (χ2v) is 8.21. The molecule has 2 aromatic carbocycles. The van der Waals surface area contributed by atoms with E-state index in [1.165, 1.54) is 17.4 Å². The van der Waals surface area contributed by atoms with Gasteiger partial charge in [-0.15, -0.1) is 0 Å². The standard InChI is InChI=1S/C16H16BrNO2S/c1-21(19,20)12-5-2-4-11(10-12)18-16-9-8-13-14(16)6-3-7-15(13)17/h2-7,10,16,18H,8-9H2,1H3. The summed E-state index contributed by atoms with van der Waals surface area (Å²) in [7, 11) is -3.17. The van der Waals surface area contributed by atoms with Crippen LogP contribution in [0, 0.1) is 0 Å². The molecule has 0 bridgehead atoms. The molecule has 0 amide bonds. The maximum Gasteiger partial charge on any atom is 0.175 e. The molecule has 110 valence electrons. The minimum Gasteiger partial charge on any atom is -0.378 e. The monoisotopic (exact) mass is 365 g/mol. The van der Waals surface area contributed by atoms with E-state index in [1.807, 2.05) is 12.1 Å². The Morgan fingerprint density at radius 3 is 2.71 bits per heavy atom. The van der Waals surface area contributed by atoms with Gasteiger partial charge in [-0.05, 0) is 48.2 Å². The first kappa shape index (κ1) is 14.6. The van der Waals surface area contributed by atoms with Gasteiger partial charge in [-0.1, -0.05) is 34.1 Å². The number of hydrogen-bond donors (Lipinski definition) is 1. The van der Waals surface area contributed by atoms with Crippen LogP contribution in [0.4, 0.5) is 5.69 Å². The zero-order chi connectivity index (χ0) is 15.0. The van der Waals surface area contributed by atoms with Crippen molar-refractivity contribution < 1.29 is 8.42 Å². The van der Waals surface area contributed by atoms with Crippen LogP contribution < -0.4 is 5.32 Å². The van der Waals surface area contributed by atoms with Crippen molar-refractivity contribution in [2.24, 2.45) is 0 Å². The molecule has 1 aliphatic rings. The lowest BCUT2D eigenvalue weighted by molar-refractivity contribution is 0.602. The van der Waals surface area contributed by atoms with Crippen molar-refractivity contribution in [1.82, 2.24) is 0 Å². The molecule has 5 heteroatoms. The molecule has 0 fully saturated rings. The highest BCUT2D eigenvalue weighted by Gasteiger charge is 2.23. The molecule has 1 aliphatic carbocycles. The van der Waals surface area contributed by atoms with Gasteiger partial charge in [-0.2, -0.15) is 0 Å². The van der Waals surface area contributed by atoms with Crippen LogP contribution in [0.15, 0.2) is 51.8 Å². The summed E-state index contributed by atoms with van der Waals surface area (Å²) in [6.07, 6.45) is 3.27. The van der Waals surface area contributed by atoms with Crippen LogP contribution in [-0.4, -0.2) is 14.7 Å². The van der Waals surface area contributed by atoms with E-state index in [1.54, 1.807) is 18.2 Å². The third-order valence-corrected chi connectivity index (χ3v) is 5.67. The molecular weight excluding hydrogens is 350 g/mol. The van der Waals surface area contributed by atoms with Gasteiger partial charge in [0.1, 0.15) is 0 Å². The maximum absolute atomic E-state index is 11.6. The molecule has 0 saturated carbocycles. The van der Waals surface area contributed by atoms with E-state index in [9.17, 15) is 8.42 Å². The maximum atomic E-state index is 11.6. The Labute approximate surface area is 133 Å². The van der Waals surface area contributed by atoms with Gasteiger partial charge in [-0.25, -0.2) is 8.42 Å². The van der Waals surface area contributed by atoms with Gasteiger partial charge in [0, 0.05) is 16.4 Å². The molecule has 0 radical (unpaired) electrons. The highest BCUT2D eigenvalue weighted by molar-refractivity contribution is 9.10. The first-order valence-corrected chi connectivity index (χ1v) is 9.47. The van der Waals surface area contributed by atoms with Crippen LogP contribution >= 0.6 is 15.9 Å². The number of anilines is 1. The number of benzene rings is 2. The normalized spacial score (nSPS) is 17.5. The zero-order valence-electron chi connectivity index (χ0n) is 11.6. The van der Waals surface area contributed by atoms with Gasteiger partial charge >= 0.3 is 0 Å². The van der Waals surface area contributed by atoms with Crippen LogP contribution in [0.1, 0.15) is 23.6 Å². The molecule has 1 atom stereocenters. The first-order valence-electron chi connectivity index (χ1n) is 6.79. The minimum absolute atomic E-state index is 0.229. The Balaban J connectivity index is 1.89. The third kappa shape index (κ3) is 2.99. The lowest BCUT2D eigenvalue weighted by Gasteiger charge is -2.16. The molecule has 2 aromatic rings. The summed E-state index contributed by atoms with van der Waals surface area (Å²) in [5.41, 5.74) is 3.47. The van der Waals surface area contributed by atoms with Gasteiger partial charge in [0.05, 0.1) is 10.9 Å². The van der Waals surface area contributed by atoms with Crippen LogP contribution in [0.3, 0.4) is 0 Å². The average molecular weight is 366 g/mol. The van der Waals surface area contributed by atoms with Crippen molar-refractivity contribution in [3.05, 3.63) is 58.1 Å². The number of nitrogens with one attached hydrogen (secondary N) is 1. The lowest BCUT2D eigenvalue weighted by atomic mass is 10.1. The summed E-state index contributed by atoms with van der Waals surface area (Å²) in [6.45, 7) is 0. The lowest BCUT2D eigenvalue weighted by Crippen LogP contribution is -2.08. The van der Waals surface area contributed by atoms with E-state index >= 15 is 0 Å². The summed E-state index contributed by atoms with van der Waals surface area (Å²) in [4.78, 5) is 0.347. The summed E-state index contributed by atoms with van der Waals surface area (Å²) >= 11 is 3.59. The molecular formula is C16H16BrNO2S. The quantitative estimate of drug-likeness (QED) is 0.895.